The fourth-order valence-corrected chi connectivity index (χ4v) is 4.19. The van der Waals surface area contributed by atoms with Crippen molar-refractivity contribution in [2.24, 2.45) is 5.92 Å². The number of piperidine rings is 1. The molecule has 0 unspecified atom stereocenters. The van der Waals surface area contributed by atoms with E-state index in [2.05, 4.69) is 15.7 Å². The number of fused-ring (bicyclic) bond motifs is 3. The van der Waals surface area contributed by atoms with Gasteiger partial charge >= 0.3 is 11.1 Å². The Morgan fingerprint density at radius 1 is 1.18 bits per heavy atom. The van der Waals surface area contributed by atoms with E-state index >= 15 is 0 Å². The summed E-state index contributed by atoms with van der Waals surface area (Å²) in [6.45, 7) is 1.43. The van der Waals surface area contributed by atoms with E-state index in [0.29, 0.717) is 55.4 Å². The smallest absolute Gasteiger partial charge is 0.317 e. The standard InChI is InChI=1S/C18H21N5O5/c24-16(10-5-7-19-8-6-10)21-22-15-12-4-2-1-3-11(12)14(23(27)28)9-13(15)20-17(25)18(22)26/h9-10,19H,1-8H2,(H,20,25)(H,21,24). The lowest BCUT2D eigenvalue weighted by Crippen LogP contribution is -2.45. The minimum atomic E-state index is -0.928. The van der Waals surface area contributed by atoms with E-state index < -0.39 is 16.0 Å². The highest BCUT2D eigenvalue weighted by Gasteiger charge is 2.28. The van der Waals surface area contributed by atoms with Crippen molar-refractivity contribution in [3.8, 4) is 0 Å². The average Bonchev–Trinajstić information content (AvgIpc) is 2.71. The van der Waals surface area contributed by atoms with E-state index in [4.69, 9.17) is 0 Å². The third-order valence-electron chi connectivity index (χ3n) is 5.60. The Balaban J connectivity index is 1.91. The summed E-state index contributed by atoms with van der Waals surface area (Å²) in [7, 11) is 0. The molecular formula is C18H21N5O5. The zero-order chi connectivity index (χ0) is 19.8. The Bertz CT molecular complexity index is 1080. The third kappa shape index (κ3) is 3.09. The molecule has 2 aliphatic rings. The molecular weight excluding hydrogens is 366 g/mol. The predicted octanol–water partition coefficient (Wildman–Crippen LogP) is 0.546. The van der Waals surface area contributed by atoms with Gasteiger partial charge in [-0.2, -0.15) is 0 Å². The summed E-state index contributed by atoms with van der Waals surface area (Å²) in [5.74, 6) is -0.574. The van der Waals surface area contributed by atoms with Crippen LogP contribution in [0.25, 0.3) is 11.0 Å². The summed E-state index contributed by atoms with van der Waals surface area (Å²) >= 11 is 0. The number of benzene rings is 1. The van der Waals surface area contributed by atoms with Crippen LogP contribution in [0.1, 0.15) is 36.8 Å². The van der Waals surface area contributed by atoms with Gasteiger partial charge in [-0.1, -0.05) is 0 Å². The number of nitro benzene ring substituents is 1. The Kier molecular flexibility index (Phi) is 4.71. The van der Waals surface area contributed by atoms with E-state index in [0.717, 1.165) is 17.5 Å². The Morgan fingerprint density at radius 3 is 2.54 bits per heavy atom. The molecule has 0 spiro atoms. The van der Waals surface area contributed by atoms with Crippen LogP contribution in [-0.4, -0.2) is 33.6 Å². The maximum absolute atomic E-state index is 12.7. The van der Waals surface area contributed by atoms with Gasteiger partial charge in [0.25, 0.3) is 5.69 Å². The molecule has 1 aliphatic carbocycles. The fourth-order valence-electron chi connectivity index (χ4n) is 4.19. The number of aromatic amines is 1. The quantitative estimate of drug-likeness (QED) is 0.399. The first-order valence-corrected chi connectivity index (χ1v) is 9.47. The van der Waals surface area contributed by atoms with Gasteiger partial charge in [-0.05, 0) is 57.2 Å². The van der Waals surface area contributed by atoms with Crippen LogP contribution in [0.3, 0.4) is 0 Å². The van der Waals surface area contributed by atoms with Crippen LogP contribution in [0.4, 0.5) is 5.69 Å². The minimum Gasteiger partial charge on any atom is -0.317 e. The van der Waals surface area contributed by atoms with Gasteiger partial charge < -0.3 is 10.3 Å². The average molecular weight is 387 g/mol. The summed E-state index contributed by atoms with van der Waals surface area (Å²) in [6, 6.07) is 1.29. The Hall–Kier alpha value is -3.01. The molecule has 10 nitrogen and oxygen atoms in total. The maximum atomic E-state index is 12.7. The molecule has 1 fully saturated rings. The number of aromatic nitrogens is 2. The van der Waals surface area contributed by atoms with Crippen LogP contribution in [-0.2, 0) is 17.6 Å². The van der Waals surface area contributed by atoms with Crippen molar-refractivity contribution in [3.05, 3.63) is 48.0 Å². The van der Waals surface area contributed by atoms with Crippen LogP contribution in [0.5, 0.6) is 0 Å². The van der Waals surface area contributed by atoms with Gasteiger partial charge in [-0.25, -0.2) is 4.68 Å². The summed E-state index contributed by atoms with van der Waals surface area (Å²) in [6.07, 6.45) is 3.99. The van der Waals surface area contributed by atoms with Crippen molar-refractivity contribution in [1.82, 2.24) is 15.0 Å². The van der Waals surface area contributed by atoms with Crippen LogP contribution >= 0.6 is 0 Å². The molecule has 1 aromatic carbocycles. The van der Waals surface area contributed by atoms with Crippen LogP contribution < -0.4 is 21.9 Å². The monoisotopic (exact) mass is 387 g/mol. The predicted molar refractivity (Wildman–Crippen MR) is 102 cm³/mol. The molecule has 1 aliphatic heterocycles. The molecule has 148 valence electrons. The first-order chi connectivity index (χ1) is 13.5. The summed E-state index contributed by atoms with van der Waals surface area (Å²) in [4.78, 5) is 50.9. The lowest BCUT2D eigenvalue weighted by molar-refractivity contribution is -0.385. The van der Waals surface area contributed by atoms with Gasteiger partial charge in [0.2, 0.25) is 5.91 Å². The third-order valence-corrected chi connectivity index (χ3v) is 5.60. The molecule has 0 bridgehead atoms. The van der Waals surface area contributed by atoms with Crippen LogP contribution in [0, 0.1) is 16.0 Å². The highest BCUT2D eigenvalue weighted by atomic mass is 16.6. The van der Waals surface area contributed by atoms with Crippen molar-refractivity contribution in [2.45, 2.75) is 38.5 Å². The second-order valence-electron chi connectivity index (χ2n) is 7.31. The van der Waals surface area contributed by atoms with Gasteiger partial charge in [0.1, 0.15) is 0 Å². The zero-order valence-electron chi connectivity index (χ0n) is 15.2. The summed E-state index contributed by atoms with van der Waals surface area (Å²) in [5.41, 5.74) is 2.48. The molecule has 1 aromatic heterocycles. The van der Waals surface area contributed by atoms with Crippen molar-refractivity contribution >= 4 is 22.6 Å². The number of nitrogens with one attached hydrogen (secondary N) is 3. The zero-order valence-corrected chi connectivity index (χ0v) is 15.2. The number of hydrogen-bond donors (Lipinski definition) is 3. The number of aryl methyl sites for hydroxylation is 1. The topological polar surface area (TPSA) is 139 Å². The second kappa shape index (κ2) is 7.19. The van der Waals surface area contributed by atoms with Crippen molar-refractivity contribution in [3.63, 3.8) is 0 Å². The van der Waals surface area contributed by atoms with E-state index in [1.54, 1.807) is 0 Å². The summed E-state index contributed by atoms with van der Waals surface area (Å²) < 4.78 is 0.992. The van der Waals surface area contributed by atoms with Gasteiger partial charge in [-0.3, -0.25) is 29.9 Å². The first-order valence-electron chi connectivity index (χ1n) is 9.47. The van der Waals surface area contributed by atoms with E-state index in [1.165, 1.54) is 6.07 Å². The molecule has 1 saturated heterocycles. The molecule has 2 aromatic rings. The molecule has 0 radical (unpaired) electrons. The lowest BCUT2D eigenvalue weighted by Gasteiger charge is -2.24. The van der Waals surface area contributed by atoms with E-state index in [-0.39, 0.29) is 23.0 Å². The van der Waals surface area contributed by atoms with E-state index in [9.17, 15) is 24.5 Å². The van der Waals surface area contributed by atoms with Gasteiger partial charge in [0, 0.05) is 17.5 Å². The van der Waals surface area contributed by atoms with Gasteiger partial charge in [-0.15, -0.1) is 0 Å². The number of nitrogens with zero attached hydrogens (tertiary/aromatic N) is 2. The maximum Gasteiger partial charge on any atom is 0.335 e. The molecule has 4 rings (SSSR count). The van der Waals surface area contributed by atoms with Gasteiger partial charge in [0.05, 0.1) is 16.0 Å². The number of H-pyrrole nitrogens is 1. The molecule has 28 heavy (non-hydrogen) atoms. The van der Waals surface area contributed by atoms with Crippen LogP contribution in [0.15, 0.2) is 15.7 Å². The number of carbonyl (C=O) groups is 1. The molecule has 0 saturated carbocycles. The molecule has 10 heteroatoms. The Morgan fingerprint density at radius 2 is 1.86 bits per heavy atom. The Labute approximate surface area is 159 Å². The molecule has 0 atom stereocenters. The number of hydrogen-bond acceptors (Lipinski definition) is 6. The molecule has 1 amide bonds. The molecule has 3 N–H and O–H groups in total. The SMILES string of the molecule is O=C(Nn1c(=O)c(=O)[nH]c2cc([N+](=O)[O-])c3c(c21)CCCC3)C1CCNCC1. The van der Waals surface area contributed by atoms with Crippen molar-refractivity contribution < 1.29 is 9.72 Å². The second-order valence-corrected chi connectivity index (χ2v) is 7.31. The number of nitro groups is 1. The lowest BCUT2D eigenvalue weighted by atomic mass is 9.89. The fraction of sp³-hybridized carbons (Fsp3) is 0.500. The van der Waals surface area contributed by atoms with E-state index in [1.807, 2.05) is 0 Å². The number of amides is 1. The largest absolute Gasteiger partial charge is 0.335 e. The minimum absolute atomic E-state index is 0.0623. The first kappa shape index (κ1) is 18.4. The number of rotatable bonds is 3. The normalized spacial score (nSPS) is 17.3. The van der Waals surface area contributed by atoms with Gasteiger partial charge in [0.15, 0.2) is 0 Å². The number of carbonyl (C=O) groups excluding carboxylic acids is 1. The highest BCUT2D eigenvalue weighted by Crippen LogP contribution is 2.34. The van der Waals surface area contributed by atoms with Crippen molar-refractivity contribution in [1.29, 1.82) is 0 Å². The molecule has 2 heterocycles. The van der Waals surface area contributed by atoms with Crippen molar-refractivity contribution in [2.75, 3.05) is 18.5 Å². The summed E-state index contributed by atoms with van der Waals surface area (Å²) in [5, 5.41) is 14.7. The highest BCUT2D eigenvalue weighted by molar-refractivity contribution is 5.90. The van der Waals surface area contributed by atoms with Crippen LogP contribution in [0.2, 0.25) is 0 Å².